The minimum Gasteiger partial charge on any atom is -0.459 e. The smallest absolute Gasteiger partial charge is 0.289 e. The molecule has 2 aromatic carbocycles. The fraction of sp³-hybridized carbons (Fsp3) is 0.182. The first-order valence-electron chi connectivity index (χ1n) is 9.15. The van der Waals surface area contributed by atoms with Crippen LogP contribution in [-0.2, 0) is 11.4 Å². The second-order valence-corrected chi connectivity index (χ2v) is 7.14. The molecule has 0 aliphatic carbocycles. The number of nitrogens with zero attached hydrogens (tertiary/aromatic N) is 2. The number of benzene rings is 2. The van der Waals surface area contributed by atoms with Gasteiger partial charge >= 0.3 is 0 Å². The molecule has 1 aliphatic heterocycles. The number of rotatable bonds is 6. The van der Waals surface area contributed by atoms with Gasteiger partial charge in [-0.3, -0.25) is 4.79 Å². The van der Waals surface area contributed by atoms with Gasteiger partial charge in [-0.1, -0.05) is 47.1 Å². The third kappa shape index (κ3) is 4.49. The number of halogens is 2. The highest BCUT2D eigenvalue weighted by Gasteiger charge is 2.28. The van der Waals surface area contributed by atoms with E-state index in [4.69, 9.17) is 20.9 Å². The van der Waals surface area contributed by atoms with Gasteiger partial charge in [0.05, 0.1) is 18.5 Å². The molecule has 29 heavy (non-hydrogen) atoms. The quantitative estimate of drug-likeness (QED) is 0.578. The first kappa shape index (κ1) is 19.2. The van der Waals surface area contributed by atoms with Crippen molar-refractivity contribution in [2.75, 3.05) is 6.54 Å². The summed E-state index contributed by atoms with van der Waals surface area (Å²) >= 11 is 6.28. The molecule has 1 unspecified atom stereocenters. The van der Waals surface area contributed by atoms with Crippen molar-refractivity contribution in [3.05, 3.63) is 94.7 Å². The summed E-state index contributed by atoms with van der Waals surface area (Å²) in [6.45, 7) is 0.615. The number of hydrogen-bond donors (Lipinski definition) is 0. The Morgan fingerprint density at radius 1 is 1.14 bits per heavy atom. The zero-order valence-electron chi connectivity index (χ0n) is 15.4. The number of amides is 1. The Kier molecular flexibility index (Phi) is 5.62. The number of carbonyl (C=O) groups excluding carboxylic acids is 1. The van der Waals surface area contributed by atoms with E-state index in [0.29, 0.717) is 24.5 Å². The Balaban J connectivity index is 1.49. The topological polar surface area (TPSA) is 55.0 Å². The van der Waals surface area contributed by atoms with Crippen LogP contribution >= 0.6 is 11.6 Å². The van der Waals surface area contributed by atoms with E-state index in [0.717, 1.165) is 16.8 Å². The van der Waals surface area contributed by atoms with Gasteiger partial charge in [-0.25, -0.2) is 4.39 Å². The van der Waals surface area contributed by atoms with Gasteiger partial charge in [0.1, 0.15) is 5.82 Å². The second kappa shape index (κ2) is 8.49. The van der Waals surface area contributed by atoms with Gasteiger partial charge in [0.25, 0.3) is 5.91 Å². The van der Waals surface area contributed by atoms with E-state index in [1.54, 1.807) is 35.2 Å². The van der Waals surface area contributed by atoms with Crippen molar-refractivity contribution < 1.29 is 18.4 Å². The van der Waals surface area contributed by atoms with Crippen LogP contribution in [0.2, 0.25) is 5.02 Å². The molecule has 1 aromatic heterocycles. The highest BCUT2D eigenvalue weighted by atomic mass is 35.5. The fourth-order valence-corrected chi connectivity index (χ4v) is 3.39. The van der Waals surface area contributed by atoms with Crippen LogP contribution in [0.3, 0.4) is 0 Å². The first-order valence-corrected chi connectivity index (χ1v) is 9.53. The summed E-state index contributed by atoms with van der Waals surface area (Å²) < 4.78 is 18.4. The van der Waals surface area contributed by atoms with Gasteiger partial charge in [-0.15, -0.1) is 0 Å². The van der Waals surface area contributed by atoms with Gasteiger partial charge in [0.2, 0.25) is 0 Å². The molecule has 0 saturated carbocycles. The third-order valence-corrected chi connectivity index (χ3v) is 5.04. The molecule has 148 valence electrons. The maximum absolute atomic E-state index is 13.2. The molecule has 4 rings (SSSR count). The van der Waals surface area contributed by atoms with Crippen molar-refractivity contribution >= 4 is 23.2 Å². The van der Waals surface area contributed by atoms with E-state index in [9.17, 15) is 9.18 Å². The summed E-state index contributed by atoms with van der Waals surface area (Å²) in [5.41, 5.74) is 2.34. The van der Waals surface area contributed by atoms with Crippen molar-refractivity contribution in [3.63, 3.8) is 0 Å². The summed E-state index contributed by atoms with van der Waals surface area (Å²) in [6.07, 6.45) is 1.65. The molecule has 0 fully saturated rings. The highest BCUT2D eigenvalue weighted by molar-refractivity contribution is 6.31. The van der Waals surface area contributed by atoms with Crippen LogP contribution in [0.15, 0.2) is 76.5 Å². The number of oxime groups is 1. The number of furan rings is 1. The maximum Gasteiger partial charge on any atom is 0.289 e. The van der Waals surface area contributed by atoms with E-state index >= 15 is 0 Å². The van der Waals surface area contributed by atoms with Crippen LogP contribution in [0.4, 0.5) is 4.39 Å². The number of hydrogen-bond acceptors (Lipinski definition) is 4. The molecule has 3 aromatic rings. The standard InChI is InChI=1S/C22H18ClFN2O3/c23-19-5-2-1-4-16(19)13-26(22(27)21-6-3-11-28-21)14-18-12-20(25-29-18)15-7-9-17(24)10-8-15/h1-11,18H,12-14H2. The second-order valence-electron chi connectivity index (χ2n) is 6.73. The van der Waals surface area contributed by atoms with E-state index in [1.165, 1.54) is 18.4 Å². The van der Waals surface area contributed by atoms with Crippen molar-refractivity contribution in [2.45, 2.75) is 19.1 Å². The lowest BCUT2D eigenvalue weighted by Gasteiger charge is -2.24. The maximum atomic E-state index is 13.2. The monoisotopic (exact) mass is 412 g/mol. The molecule has 0 radical (unpaired) electrons. The lowest BCUT2D eigenvalue weighted by atomic mass is 10.0. The minimum absolute atomic E-state index is 0.245. The molecule has 0 saturated heterocycles. The molecular formula is C22H18ClFN2O3. The third-order valence-electron chi connectivity index (χ3n) is 4.67. The van der Waals surface area contributed by atoms with E-state index < -0.39 is 0 Å². The predicted octanol–water partition coefficient (Wildman–Crippen LogP) is 4.91. The van der Waals surface area contributed by atoms with Gasteiger partial charge in [-0.2, -0.15) is 0 Å². The first-order chi connectivity index (χ1) is 14.1. The minimum atomic E-state index is -0.323. The Morgan fingerprint density at radius 2 is 1.93 bits per heavy atom. The average Bonchev–Trinajstić information content (AvgIpc) is 3.41. The van der Waals surface area contributed by atoms with Crippen LogP contribution in [0.1, 0.15) is 28.1 Å². The molecule has 0 N–H and O–H groups in total. The van der Waals surface area contributed by atoms with Crippen LogP contribution in [0.5, 0.6) is 0 Å². The fourth-order valence-electron chi connectivity index (χ4n) is 3.19. The molecule has 0 bridgehead atoms. The van der Waals surface area contributed by atoms with Crippen LogP contribution in [0.25, 0.3) is 0 Å². The molecule has 0 spiro atoms. The van der Waals surface area contributed by atoms with Gasteiger partial charge in [-0.05, 0) is 41.5 Å². The normalized spacial score (nSPS) is 15.7. The van der Waals surface area contributed by atoms with Gasteiger partial charge < -0.3 is 14.2 Å². The highest BCUT2D eigenvalue weighted by Crippen LogP contribution is 2.22. The summed E-state index contributed by atoms with van der Waals surface area (Å²) in [5.74, 6) is -0.316. The molecule has 7 heteroatoms. The van der Waals surface area contributed by atoms with Crippen molar-refractivity contribution in [1.29, 1.82) is 0 Å². The lowest BCUT2D eigenvalue weighted by molar-refractivity contribution is 0.0387. The Hall–Kier alpha value is -3.12. The van der Waals surface area contributed by atoms with Crippen LogP contribution < -0.4 is 0 Å². The predicted molar refractivity (Wildman–Crippen MR) is 107 cm³/mol. The molecule has 1 amide bonds. The molecule has 1 aliphatic rings. The van der Waals surface area contributed by atoms with Crippen molar-refractivity contribution in [1.82, 2.24) is 4.90 Å². The lowest BCUT2D eigenvalue weighted by Crippen LogP contribution is -2.37. The molecule has 1 atom stereocenters. The average molecular weight is 413 g/mol. The van der Waals surface area contributed by atoms with E-state index in [1.807, 2.05) is 18.2 Å². The van der Waals surface area contributed by atoms with Gasteiger partial charge in [0, 0.05) is 18.0 Å². The van der Waals surface area contributed by atoms with Crippen molar-refractivity contribution in [2.24, 2.45) is 5.16 Å². The summed E-state index contributed by atoms with van der Waals surface area (Å²) in [4.78, 5) is 20.1. The van der Waals surface area contributed by atoms with Crippen LogP contribution in [0, 0.1) is 5.82 Å². The summed E-state index contributed by atoms with van der Waals surface area (Å²) in [5, 5.41) is 4.71. The summed E-state index contributed by atoms with van der Waals surface area (Å²) in [7, 11) is 0. The van der Waals surface area contributed by atoms with E-state index in [-0.39, 0.29) is 23.6 Å². The largest absolute Gasteiger partial charge is 0.459 e. The Bertz CT molecular complexity index is 1020. The zero-order chi connectivity index (χ0) is 20.2. The van der Waals surface area contributed by atoms with E-state index in [2.05, 4.69) is 5.16 Å². The SMILES string of the molecule is O=C(c1ccco1)N(Cc1ccccc1Cl)CC1CC(c2ccc(F)cc2)=NO1. The van der Waals surface area contributed by atoms with Crippen LogP contribution in [-0.4, -0.2) is 29.2 Å². The Labute approximate surface area is 172 Å². The molecular weight excluding hydrogens is 395 g/mol. The molecule has 5 nitrogen and oxygen atoms in total. The number of carbonyl (C=O) groups is 1. The molecule has 2 heterocycles. The van der Waals surface area contributed by atoms with Crippen molar-refractivity contribution in [3.8, 4) is 0 Å². The summed E-state index contributed by atoms with van der Waals surface area (Å²) in [6, 6.07) is 16.8. The van der Waals surface area contributed by atoms with Gasteiger partial charge in [0.15, 0.2) is 11.9 Å². The zero-order valence-corrected chi connectivity index (χ0v) is 16.2. The Morgan fingerprint density at radius 3 is 2.66 bits per heavy atom.